The van der Waals surface area contributed by atoms with Crippen molar-refractivity contribution in [2.24, 2.45) is 5.92 Å². The van der Waals surface area contributed by atoms with E-state index in [-0.39, 0.29) is 0 Å². The molecule has 30 heavy (non-hydrogen) atoms. The fourth-order valence-electron chi connectivity index (χ4n) is 3.43. The maximum atomic E-state index is 12.9. The summed E-state index contributed by atoms with van der Waals surface area (Å²) in [7, 11) is -0.328. The first kappa shape index (κ1) is 22.3. The summed E-state index contributed by atoms with van der Waals surface area (Å²) in [6.07, 6.45) is 1.97. The van der Waals surface area contributed by atoms with E-state index in [0.29, 0.717) is 46.2 Å². The number of nitrogens with zero attached hydrogens (tertiary/aromatic N) is 1. The Kier molecular flexibility index (Phi) is 7.17. The van der Waals surface area contributed by atoms with Crippen molar-refractivity contribution < 1.29 is 17.9 Å². The van der Waals surface area contributed by atoms with Crippen LogP contribution in [-0.2, 0) is 10.0 Å². The van der Waals surface area contributed by atoms with Gasteiger partial charge in [0.2, 0.25) is 10.0 Å². The molecule has 0 bridgehead atoms. The number of benzene rings is 2. The maximum absolute atomic E-state index is 12.9. The van der Waals surface area contributed by atoms with Crippen LogP contribution in [0.3, 0.4) is 0 Å². The Morgan fingerprint density at radius 2 is 1.67 bits per heavy atom. The first-order chi connectivity index (χ1) is 14.3. The zero-order chi connectivity index (χ0) is 21.7. The molecule has 1 saturated heterocycles. The molecule has 3 rings (SSSR count). The number of hydrogen-bond acceptors (Lipinski definition) is 5. The molecule has 1 heterocycles. The van der Waals surface area contributed by atoms with E-state index in [1.165, 1.54) is 0 Å². The molecule has 1 aliphatic heterocycles. The van der Waals surface area contributed by atoms with Crippen LogP contribution in [0.4, 0.5) is 11.4 Å². The average molecular weight is 450 g/mol. The Bertz CT molecular complexity index is 994. The number of anilines is 2. The van der Waals surface area contributed by atoms with Gasteiger partial charge in [-0.3, -0.25) is 0 Å². The van der Waals surface area contributed by atoms with Crippen molar-refractivity contribution in [1.82, 2.24) is 4.31 Å². The lowest BCUT2D eigenvalue weighted by atomic mass is 10.0. The Hall–Kier alpha value is -2.36. The van der Waals surface area contributed by atoms with Crippen LogP contribution >= 0.6 is 12.2 Å². The van der Waals surface area contributed by atoms with Crippen LogP contribution in [0.2, 0.25) is 0 Å². The lowest BCUT2D eigenvalue weighted by molar-refractivity contribution is 0.281. The predicted octanol–water partition coefficient (Wildman–Crippen LogP) is 3.93. The smallest absolute Gasteiger partial charge is 0.243 e. The summed E-state index contributed by atoms with van der Waals surface area (Å²) in [5.41, 5.74) is 1.43. The Balaban J connectivity index is 1.64. The predicted molar refractivity (Wildman–Crippen MR) is 123 cm³/mol. The average Bonchev–Trinajstić information content (AvgIpc) is 2.74. The largest absolute Gasteiger partial charge is 0.493 e. The standard InChI is InChI=1S/C21H27N3O4S2/c1-15-5-4-12-24(14-15)30(25,26)18-9-6-16(7-10-18)22-21(29)23-17-8-11-19(27-2)20(13-17)28-3/h6-11,13,15H,4-5,12,14H2,1-3H3,(H2,22,23,29)/t15-/m0/s1. The normalized spacial score (nSPS) is 17.2. The number of rotatable bonds is 6. The van der Waals surface area contributed by atoms with Crippen molar-refractivity contribution in [1.29, 1.82) is 0 Å². The third-order valence-electron chi connectivity index (χ3n) is 5.01. The van der Waals surface area contributed by atoms with E-state index < -0.39 is 10.0 Å². The van der Waals surface area contributed by atoms with Gasteiger partial charge in [0, 0.05) is 30.5 Å². The van der Waals surface area contributed by atoms with Gasteiger partial charge >= 0.3 is 0 Å². The minimum absolute atomic E-state index is 0.293. The maximum Gasteiger partial charge on any atom is 0.243 e. The van der Waals surface area contributed by atoms with E-state index >= 15 is 0 Å². The molecule has 9 heteroatoms. The summed E-state index contributed by atoms with van der Waals surface area (Å²) in [5.74, 6) is 1.60. The van der Waals surface area contributed by atoms with E-state index in [9.17, 15) is 8.42 Å². The highest BCUT2D eigenvalue weighted by atomic mass is 32.2. The molecule has 2 N–H and O–H groups in total. The van der Waals surface area contributed by atoms with Crippen molar-refractivity contribution >= 4 is 38.7 Å². The fraction of sp³-hybridized carbons (Fsp3) is 0.381. The van der Waals surface area contributed by atoms with Gasteiger partial charge in [-0.15, -0.1) is 0 Å². The van der Waals surface area contributed by atoms with Crippen molar-refractivity contribution in [3.05, 3.63) is 42.5 Å². The lowest BCUT2D eigenvalue weighted by Crippen LogP contribution is -2.39. The summed E-state index contributed by atoms with van der Waals surface area (Å²) >= 11 is 5.36. The molecule has 7 nitrogen and oxygen atoms in total. The molecule has 1 atom stereocenters. The van der Waals surface area contributed by atoms with E-state index in [1.807, 2.05) is 6.07 Å². The van der Waals surface area contributed by atoms with E-state index in [0.717, 1.165) is 18.5 Å². The quantitative estimate of drug-likeness (QED) is 0.647. The highest BCUT2D eigenvalue weighted by Crippen LogP contribution is 2.30. The molecule has 0 aromatic heterocycles. The first-order valence-corrected chi connectivity index (χ1v) is 11.6. The molecule has 1 aliphatic rings. The van der Waals surface area contributed by atoms with Crippen LogP contribution in [0.15, 0.2) is 47.4 Å². The molecular weight excluding hydrogens is 422 g/mol. The van der Waals surface area contributed by atoms with Gasteiger partial charge in [-0.05, 0) is 67.4 Å². The highest BCUT2D eigenvalue weighted by Gasteiger charge is 2.28. The van der Waals surface area contributed by atoms with Crippen LogP contribution < -0.4 is 20.1 Å². The number of hydrogen-bond donors (Lipinski definition) is 2. The fourth-order valence-corrected chi connectivity index (χ4v) is 5.27. The first-order valence-electron chi connectivity index (χ1n) is 9.73. The van der Waals surface area contributed by atoms with Crippen molar-refractivity contribution in [2.75, 3.05) is 37.9 Å². The van der Waals surface area contributed by atoms with Gasteiger partial charge in [0.05, 0.1) is 19.1 Å². The molecule has 0 aliphatic carbocycles. The Morgan fingerprint density at radius 1 is 1.03 bits per heavy atom. The number of methoxy groups -OCH3 is 2. The third kappa shape index (κ3) is 5.21. The van der Waals surface area contributed by atoms with Crippen LogP contribution in [0.1, 0.15) is 19.8 Å². The van der Waals surface area contributed by atoms with Crippen molar-refractivity contribution in [3.8, 4) is 11.5 Å². The highest BCUT2D eigenvalue weighted by molar-refractivity contribution is 7.89. The zero-order valence-corrected chi connectivity index (χ0v) is 19.0. The Labute approximate surface area is 183 Å². The van der Waals surface area contributed by atoms with Crippen molar-refractivity contribution in [3.63, 3.8) is 0 Å². The van der Waals surface area contributed by atoms with Gasteiger partial charge in [0.15, 0.2) is 16.6 Å². The van der Waals surface area contributed by atoms with Crippen LogP contribution in [0.5, 0.6) is 11.5 Å². The second-order valence-corrected chi connectivity index (χ2v) is 9.63. The summed E-state index contributed by atoms with van der Waals surface area (Å²) in [6.45, 7) is 3.23. The van der Waals surface area contributed by atoms with E-state index in [2.05, 4.69) is 17.6 Å². The Morgan fingerprint density at radius 3 is 2.30 bits per heavy atom. The van der Waals surface area contributed by atoms with Crippen LogP contribution in [0, 0.1) is 5.92 Å². The molecule has 2 aromatic carbocycles. The molecule has 0 amide bonds. The van der Waals surface area contributed by atoms with Gasteiger partial charge in [0.1, 0.15) is 0 Å². The summed E-state index contributed by atoms with van der Waals surface area (Å²) in [5, 5.41) is 6.52. The number of nitrogens with one attached hydrogen (secondary N) is 2. The topological polar surface area (TPSA) is 79.9 Å². The van der Waals surface area contributed by atoms with Gasteiger partial charge in [-0.1, -0.05) is 6.92 Å². The molecule has 0 unspecified atom stereocenters. The number of thiocarbonyl (C=S) groups is 1. The second kappa shape index (κ2) is 9.63. The number of piperidine rings is 1. The molecule has 0 radical (unpaired) electrons. The minimum atomic E-state index is -3.47. The van der Waals surface area contributed by atoms with Gasteiger partial charge in [-0.2, -0.15) is 4.31 Å². The van der Waals surface area contributed by atoms with E-state index in [1.54, 1.807) is 54.9 Å². The zero-order valence-electron chi connectivity index (χ0n) is 17.3. The molecule has 2 aromatic rings. The SMILES string of the molecule is COc1ccc(NC(=S)Nc2ccc(S(=O)(=O)N3CCC[C@H](C)C3)cc2)cc1OC. The number of sulfonamides is 1. The molecule has 162 valence electrons. The summed E-state index contributed by atoms with van der Waals surface area (Å²) < 4.78 is 37.8. The molecule has 0 spiro atoms. The van der Waals surface area contributed by atoms with Gasteiger partial charge in [0.25, 0.3) is 0 Å². The second-order valence-electron chi connectivity index (χ2n) is 7.28. The van der Waals surface area contributed by atoms with Crippen LogP contribution in [-0.4, -0.2) is 45.1 Å². The van der Waals surface area contributed by atoms with Crippen LogP contribution in [0.25, 0.3) is 0 Å². The molecular formula is C21H27N3O4S2. The van der Waals surface area contributed by atoms with Crippen molar-refractivity contribution in [2.45, 2.75) is 24.7 Å². The molecule has 0 saturated carbocycles. The number of ether oxygens (including phenoxy) is 2. The summed E-state index contributed by atoms with van der Waals surface area (Å²) in [4.78, 5) is 0.293. The lowest BCUT2D eigenvalue weighted by Gasteiger charge is -2.30. The third-order valence-corrected chi connectivity index (χ3v) is 7.09. The molecule has 1 fully saturated rings. The monoisotopic (exact) mass is 449 g/mol. The minimum Gasteiger partial charge on any atom is -0.493 e. The van der Waals surface area contributed by atoms with Gasteiger partial charge in [-0.25, -0.2) is 8.42 Å². The van der Waals surface area contributed by atoms with E-state index in [4.69, 9.17) is 21.7 Å². The van der Waals surface area contributed by atoms with Gasteiger partial charge < -0.3 is 20.1 Å². The summed E-state index contributed by atoms with van der Waals surface area (Å²) in [6, 6.07) is 12.0.